The lowest BCUT2D eigenvalue weighted by molar-refractivity contribution is -0.123. The van der Waals surface area contributed by atoms with Gasteiger partial charge in [-0.2, -0.15) is 0 Å². The van der Waals surface area contributed by atoms with E-state index in [2.05, 4.69) is 22.4 Å². The summed E-state index contributed by atoms with van der Waals surface area (Å²) in [6, 6.07) is 8.87. The van der Waals surface area contributed by atoms with Crippen molar-refractivity contribution in [3.05, 3.63) is 65.3 Å². The molecule has 0 aliphatic rings. The number of aryl methyl sites for hydroxylation is 1. The van der Waals surface area contributed by atoms with Gasteiger partial charge in [0.25, 0.3) is 11.8 Å². The predicted octanol–water partition coefficient (Wildman–Crippen LogP) is 3.09. The zero-order valence-electron chi connectivity index (χ0n) is 15.8. The van der Waals surface area contributed by atoms with Crippen LogP contribution in [0.2, 0.25) is 5.02 Å². The molecule has 1 aromatic heterocycles. The average Bonchev–Trinajstić information content (AvgIpc) is 3.07. The molecule has 0 aliphatic carbocycles. The number of aromatic nitrogens is 1. The minimum absolute atomic E-state index is 0.0547. The molecule has 2 aromatic carbocycles. The van der Waals surface area contributed by atoms with E-state index in [9.17, 15) is 14.0 Å². The Morgan fingerprint density at radius 1 is 1.10 bits per heavy atom. The van der Waals surface area contributed by atoms with E-state index in [-0.39, 0.29) is 23.2 Å². The Bertz CT molecular complexity index is 1120. The third-order valence-electron chi connectivity index (χ3n) is 3.84. The highest BCUT2D eigenvalue weighted by Crippen LogP contribution is 2.23. The highest BCUT2D eigenvalue weighted by molar-refractivity contribution is 6.30. The number of carbonyl (C=O) groups excluding carboxylic acids is 2. The molecule has 0 spiro atoms. The number of nitrogens with one attached hydrogen (secondary N) is 2. The molecule has 0 bridgehead atoms. The van der Waals surface area contributed by atoms with Gasteiger partial charge >= 0.3 is 0 Å². The Morgan fingerprint density at radius 3 is 2.33 bits per heavy atom. The van der Waals surface area contributed by atoms with Crippen LogP contribution in [0.5, 0.6) is 11.5 Å². The van der Waals surface area contributed by atoms with Crippen LogP contribution < -0.4 is 20.1 Å². The van der Waals surface area contributed by atoms with Crippen LogP contribution in [-0.2, 0) is 9.59 Å². The fraction of sp³-hybridized carbons (Fsp3) is 0.150. The largest absolute Gasteiger partial charge is 0.484 e. The van der Waals surface area contributed by atoms with E-state index in [0.717, 1.165) is 17.1 Å². The van der Waals surface area contributed by atoms with Crippen molar-refractivity contribution in [1.29, 1.82) is 0 Å². The van der Waals surface area contributed by atoms with Crippen molar-refractivity contribution in [2.75, 3.05) is 13.2 Å². The third kappa shape index (κ3) is 5.48. The van der Waals surface area contributed by atoms with E-state index in [1.807, 2.05) is 6.92 Å². The second kappa shape index (κ2) is 9.27. The summed E-state index contributed by atoms with van der Waals surface area (Å²) in [5.74, 6) is -1.29. The molecule has 8 nitrogen and oxygen atoms in total. The van der Waals surface area contributed by atoms with Gasteiger partial charge < -0.3 is 24.6 Å². The quantitative estimate of drug-likeness (QED) is 0.566. The number of rotatable bonds is 8. The number of hydrogen-bond donors (Lipinski definition) is 2. The van der Waals surface area contributed by atoms with Gasteiger partial charge in [-0.05, 0) is 31.2 Å². The highest BCUT2D eigenvalue weighted by atomic mass is 35.5. The van der Waals surface area contributed by atoms with Gasteiger partial charge in [-0.25, -0.2) is 4.39 Å². The summed E-state index contributed by atoms with van der Waals surface area (Å²) in [5.41, 5.74) is 1.30. The minimum atomic E-state index is -0.663. The maximum Gasteiger partial charge on any atom is 0.263 e. The molecule has 2 N–H and O–H groups in total. The first-order valence-electron chi connectivity index (χ1n) is 8.67. The molecular formula is C20H17ClFN3O5. The monoisotopic (exact) mass is 433 g/mol. The molecule has 3 aromatic rings. The average molecular weight is 434 g/mol. The Hall–Kier alpha value is -3.59. The Morgan fingerprint density at radius 2 is 1.70 bits per heavy atom. The zero-order chi connectivity index (χ0) is 21.7. The van der Waals surface area contributed by atoms with Crippen LogP contribution >= 0.6 is 11.6 Å². The van der Waals surface area contributed by atoms with Crippen molar-refractivity contribution in [2.24, 2.45) is 0 Å². The van der Waals surface area contributed by atoms with Crippen molar-refractivity contribution in [1.82, 2.24) is 15.8 Å². The molecule has 0 radical (unpaired) electrons. The van der Waals surface area contributed by atoms with Gasteiger partial charge in [0.15, 0.2) is 18.8 Å². The van der Waals surface area contributed by atoms with Gasteiger partial charge in [0.05, 0.1) is 10.7 Å². The van der Waals surface area contributed by atoms with Gasteiger partial charge in [-0.3, -0.25) is 9.59 Å². The van der Waals surface area contributed by atoms with Gasteiger partial charge in [-0.15, -0.1) is 0 Å². The molecule has 0 atom stereocenters. The number of ether oxygens (including phenoxy) is 2. The maximum absolute atomic E-state index is 13.3. The van der Waals surface area contributed by atoms with E-state index in [0.29, 0.717) is 11.3 Å². The summed E-state index contributed by atoms with van der Waals surface area (Å²) in [5, 5.41) is 9.36. The number of hydrogen-bond acceptors (Lipinski definition) is 6. The molecule has 3 rings (SSSR count). The molecule has 0 fully saturated rings. The maximum atomic E-state index is 13.3. The smallest absolute Gasteiger partial charge is 0.263 e. The summed E-state index contributed by atoms with van der Waals surface area (Å²) in [6.07, 6.45) is 0. The van der Waals surface area contributed by atoms with Gasteiger partial charge in [-0.1, -0.05) is 23.3 Å². The summed E-state index contributed by atoms with van der Waals surface area (Å²) in [7, 11) is 0. The predicted molar refractivity (Wildman–Crippen MR) is 107 cm³/mol. The molecule has 30 heavy (non-hydrogen) atoms. The number of fused-ring (bicyclic) bond motifs is 1. The first-order valence-corrected chi connectivity index (χ1v) is 9.05. The first-order chi connectivity index (χ1) is 14.3. The molecular weight excluding hydrogens is 417 g/mol. The van der Waals surface area contributed by atoms with Crippen LogP contribution in [0, 0.1) is 12.7 Å². The van der Waals surface area contributed by atoms with Crippen LogP contribution in [0.25, 0.3) is 11.0 Å². The number of benzene rings is 2. The standard InChI is InChI=1S/C20H17ClFN3O5/c1-11-15-5-3-14(8-18(15)30-25-11)29-10-20(27)24-12(2)23-19(26)9-28-13-4-6-16(21)17(22)7-13/h3-8H,2,9-10H2,1H3,(H,23,26)(H,24,27). The third-order valence-corrected chi connectivity index (χ3v) is 4.14. The Kier molecular flexibility index (Phi) is 6.53. The molecule has 156 valence electrons. The van der Waals surface area contributed by atoms with Gasteiger partial charge in [0, 0.05) is 17.5 Å². The molecule has 1 heterocycles. The molecule has 0 saturated carbocycles. The second-order valence-corrected chi connectivity index (χ2v) is 6.56. The molecule has 0 unspecified atom stereocenters. The second-order valence-electron chi connectivity index (χ2n) is 6.15. The first kappa shape index (κ1) is 21.1. The van der Waals surface area contributed by atoms with E-state index < -0.39 is 24.2 Å². The minimum Gasteiger partial charge on any atom is -0.484 e. The highest BCUT2D eigenvalue weighted by Gasteiger charge is 2.11. The SMILES string of the molecule is C=C(NC(=O)COc1ccc(Cl)c(F)c1)NC(=O)COc1ccc2c(C)noc2c1. The van der Waals surface area contributed by atoms with Crippen molar-refractivity contribution in [3.8, 4) is 11.5 Å². The summed E-state index contributed by atoms with van der Waals surface area (Å²) in [6.45, 7) is 4.63. The van der Waals surface area contributed by atoms with Crippen LogP contribution in [0.4, 0.5) is 4.39 Å². The fourth-order valence-electron chi connectivity index (χ4n) is 2.44. The van der Waals surface area contributed by atoms with Crippen molar-refractivity contribution in [3.63, 3.8) is 0 Å². The summed E-state index contributed by atoms with van der Waals surface area (Å²) < 4.78 is 29.0. The van der Waals surface area contributed by atoms with Crippen LogP contribution in [0.1, 0.15) is 5.69 Å². The molecule has 2 amide bonds. The lowest BCUT2D eigenvalue weighted by atomic mass is 10.2. The van der Waals surface area contributed by atoms with Crippen molar-refractivity contribution in [2.45, 2.75) is 6.92 Å². The fourth-order valence-corrected chi connectivity index (χ4v) is 2.56. The van der Waals surface area contributed by atoms with Gasteiger partial charge in [0.1, 0.15) is 23.1 Å². The van der Waals surface area contributed by atoms with Crippen LogP contribution in [0.15, 0.2) is 53.3 Å². The zero-order valence-corrected chi connectivity index (χ0v) is 16.6. The number of carbonyl (C=O) groups is 2. The molecule has 0 saturated heterocycles. The van der Waals surface area contributed by atoms with E-state index in [4.69, 9.17) is 25.6 Å². The lowest BCUT2D eigenvalue weighted by Crippen LogP contribution is -2.38. The molecule has 0 aliphatic heterocycles. The Labute approximate surface area is 175 Å². The Balaban J connectivity index is 1.41. The van der Waals surface area contributed by atoms with Crippen LogP contribution in [-0.4, -0.2) is 30.2 Å². The van der Waals surface area contributed by atoms with E-state index >= 15 is 0 Å². The van der Waals surface area contributed by atoms with Gasteiger partial charge in [0.2, 0.25) is 0 Å². The summed E-state index contributed by atoms with van der Waals surface area (Å²) >= 11 is 5.57. The number of halogens is 2. The van der Waals surface area contributed by atoms with Crippen molar-refractivity contribution >= 4 is 34.4 Å². The normalized spacial score (nSPS) is 10.5. The topological polar surface area (TPSA) is 103 Å². The van der Waals surface area contributed by atoms with Crippen LogP contribution in [0.3, 0.4) is 0 Å². The van der Waals surface area contributed by atoms with Crippen molar-refractivity contribution < 1.29 is 28.0 Å². The van der Waals surface area contributed by atoms with E-state index in [1.165, 1.54) is 12.1 Å². The lowest BCUT2D eigenvalue weighted by Gasteiger charge is -2.11. The van der Waals surface area contributed by atoms with E-state index in [1.54, 1.807) is 18.2 Å². The number of nitrogens with zero attached hydrogens (tertiary/aromatic N) is 1. The molecule has 10 heteroatoms. The number of amides is 2. The summed E-state index contributed by atoms with van der Waals surface area (Å²) in [4.78, 5) is 23.8.